The van der Waals surface area contributed by atoms with Gasteiger partial charge in [0.15, 0.2) is 0 Å². The van der Waals surface area contributed by atoms with Crippen molar-refractivity contribution in [1.29, 1.82) is 0 Å². The van der Waals surface area contributed by atoms with E-state index >= 15 is 0 Å². The minimum atomic E-state index is -0.922. The first kappa shape index (κ1) is 11.6. The van der Waals surface area contributed by atoms with E-state index in [0.717, 1.165) is 11.5 Å². The van der Waals surface area contributed by atoms with Gasteiger partial charge in [0, 0.05) is 0 Å². The van der Waals surface area contributed by atoms with E-state index in [1.54, 1.807) is 0 Å². The molecule has 1 amide bonds. The molecule has 0 heterocycles. The maximum absolute atomic E-state index is 11.2. The molecule has 0 unspecified atom stereocenters. The summed E-state index contributed by atoms with van der Waals surface area (Å²) in [7, 11) is 2.41. The highest BCUT2D eigenvalue weighted by Crippen LogP contribution is 2.38. The molecule has 0 bridgehead atoms. The number of methoxy groups -OCH3 is 2. The Morgan fingerprint density at radius 3 is 2.33 bits per heavy atom. The van der Waals surface area contributed by atoms with Crippen molar-refractivity contribution < 1.29 is 23.9 Å². The summed E-state index contributed by atoms with van der Waals surface area (Å²) in [6.07, 6.45) is -0.592. The molecule has 1 saturated carbocycles. The van der Waals surface area contributed by atoms with E-state index in [0.29, 0.717) is 18.4 Å². The molecule has 86 valence electrons. The lowest BCUT2D eigenvalue weighted by molar-refractivity contribution is -0.106. The number of nitrogens with zero attached hydrogens (tertiary/aromatic N) is 1. The quantitative estimate of drug-likeness (QED) is 0.516. The van der Waals surface area contributed by atoms with Crippen molar-refractivity contribution in [1.82, 2.24) is 5.06 Å². The summed E-state index contributed by atoms with van der Waals surface area (Å²) in [6, 6.07) is 0. The molecule has 6 nitrogen and oxygen atoms in total. The lowest BCUT2D eigenvalue weighted by Gasteiger charge is -2.18. The smallest absolute Gasteiger partial charge is 0.451 e. The van der Waals surface area contributed by atoms with Crippen LogP contribution in [0.3, 0.4) is 0 Å². The standard InChI is InChI=1S/C9H15NO5/c1-6-4-7(6)5-10(8(11)13-2)15-9(12)14-3/h6-7H,4-5H2,1-3H3/t6-,7-/m0/s1. The van der Waals surface area contributed by atoms with Gasteiger partial charge in [-0.05, 0) is 18.3 Å². The van der Waals surface area contributed by atoms with Crippen molar-refractivity contribution in [3.05, 3.63) is 0 Å². The number of rotatable bonds is 2. The van der Waals surface area contributed by atoms with Gasteiger partial charge in [-0.15, -0.1) is 5.06 Å². The summed E-state index contributed by atoms with van der Waals surface area (Å²) in [5, 5.41) is 0.889. The monoisotopic (exact) mass is 217 g/mol. The second-order valence-electron chi connectivity index (χ2n) is 3.55. The third kappa shape index (κ3) is 3.30. The van der Waals surface area contributed by atoms with Gasteiger partial charge in [-0.3, -0.25) is 0 Å². The first-order valence-corrected chi connectivity index (χ1v) is 4.69. The molecule has 0 spiro atoms. The molecule has 1 aliphatic carbocycles. The molecule has 6 heteroatoms. The lowest BCUT2D eigenvalue weighted by atomic mass is 10.3. The molecule has 0 aromatic carbocycles. The lowest BCUT2D eigenvalue weighted by Crippen LogP contribution is -2.35. The normalized spacial score (nSPS) is 22.9. The van der Waals surface area contributed by atoms with Gasteiger partial charge < -0.3 is 14.3 Å². The van der Waals surface area contributed by atoms with E-state index < -0.39 is 12.2 Å². The number of hydrogen-bond donors (Lipinski definition) is 0. The molecule has 1 fully saturated rings. The average Bonchev–Trinajstić information content (AvgIpc) is 2.92. The number of carbonyl (C=O) groups excluding carboxylic acids is 2. The number of ether oxygens (including phenoxy) is 2. The molecule has 15 heavy (non-hydrogen) atoms. The van der Waals surface area contributed by atoms with Crippen LogP contribution in [0.1, 0.15) is 13.3 Å². The van der Waals surface area contributed by atoms with Gasteiger partial charge in [0.25, 0.3) is 0 Å². The summed E-state index contributed by atoms with van der Waals surface area (Å²) in [4.78, 5) is 26.7. The van der Waals surface area contributed by atoms with Crippen molar-refractivity contribution in [3.8, 4) is 0 Å². The minimum Gasteiger partial charge on any atom is -0.451 e. The van der Waals surface area contributed by atoms with E-state index in [1.807, 2.05) is 0 Å². The predicted octanol–water partition coefficient (Wildman–Crippen LogP) is 1.41. The number of amides is 1. The molecule has 1 rings (SSSR count). The highest BCUT2D eigenvalue weighted by atomic mass is 16.8. The third-order valence-corrected chi connectivity index (χ3v) is 2.41. The van der Waals surface area contributed by atoms with Crippen LogP contribution in [0.2, 0.25) is 0 Å². The fraction of sp³-hybridized carbons (Fsp3) is 0.778. The summed E-state index contributed by atoms with van der Waals surface area (Å²) >= 11 is 0. The maximum atomic E-state index is 11.2. The molecular formula is C9H15NO5. The molecule has 0 radical (unpaired) electrons. The highest BCUT2D eigenvalue weighted by molar-refractivity contribution is 5.69. The molecule has 0 aliphatic heterocycles. The van der Waals surface area contributed by atoms with Crippen molar-refractivity contribution in [2.75, 3.05) is 20.8 Å². The number of hydrogen-bond acceptors (Lipinski definition) is 5. The van der Waals surface area contributed by atoms with E-state index in [1.165, 1.54) is 14.2 Å². The summed E-state index contributed by atoms with van der Waals surface area (Å²) < 4.78 is 8.77. The first-order valence-electron chi connectivity index (χ1n) is 4.69. The van der Waals surface area contributed by atoms with Gasteiger partial charge in [-0.1, -0.05) is 6.92 Å². The summed E-state index contributed by atoms with van der Waals surface area (Å²) in [5.74, 6) is 0.923. The second-order valence-corrected chi connectivity index (χ2v) is 3.55. The molecule has 2 atom stereocenters. The Hall–Kier alpha value is -1.46. The van der Waals surface area contributed by atoms with E-state index in [2.05, 4.69) is 21.2 Å². The molecule has 0 aromatic heterocycles. The van der Waals surface area contributed by atoms with Crippen LogP contribution in [-0.4, -0.2) is 38.1 Å². The maximum Gasteiger partial charge on any atom is 0.533 e. The van der Waals surface area contributed by atoms with Crippen molar-refractivity contribution in [3.63, 3.8) is 0 Å². The van der Waals surface area contributed by atoms with Crippen LogP contribution < -0.4 is 0 Å². The minimum absolute atomic E-state index is 0.350. The Balaban J connectivity index is 2.45. The Labute approximate surface area is 88.0 Å². The van der Waals surface area contributed by atoms with E-state index in [4.69, 9.17) is 0 Å². The highest BCUT2D eigenvalue weighted by Gasteiger charge is 2.37. The van der Waals surface area contributed by atoms with Crippen LogP contribution in [0.5, 0.6) is 0 Å². The van der Waals surface area contributed by atoms with Crippen LogP contribution in [0.25, 0.3) is 0 Å². The van der Waals surface area contributed by atoms with Crippen LogP contribution in [0, 0.1) is 11.8 Å². The molecular weight excluding hydrogens is 202 g/mol. The van der Waals surface area contributed by atoms with Crippen molar-refractivity contribution in [2.45, 2.75) is 13.3 Å². The Morgan fingerprint density at radius 2 is 1.93 bits per heavy atom. The van der Waals surface area contributed by atoms with Gasteiger partial charge in [0.1, 0.15) is 0 Å². The van der Waals surface area contributed by atoms with E-state index in [9.17, 15) is 9.59 Å². The summed E-state index contributed by atoms with van der Waals surface area (Å²) in [6.45, 7) is 2.42. The number of hydroxylamine groups is 2. The zero-order chi connectivity index (χ0) is 11.4. The third-order valence-electron chi connectivity index (χ3n) is 2.41. The van der Waals surface area contributed by atoms with Gasteiger partial charge in [0.2, 0.25) is 0 Å². The molecule has 0 N–H and O–H groups in total. The number of carbonyl (C=O) groups is 2. The molecule has 1 aliphatic rings. The summed E-state index contributed by atoms with van der Waals surface area (Å²) in [5.41, 5.74) is 0. The van der Waals surface area contributed by atoms with Gasteiger partial charge >= 0.3 is 12.2 Å². The fourth-order valence-corrected chi connectivity index (χ4v) is 1.24. The SMILES string of the molecule is COC(=O)ON(C[C@@H]1C[C@@H]1C)C(=O)OC. The topological polar surface area (TPSA) is 65.1 Å². The Kier molecular flexibility index (Phi) is 3.76. The molecule has 0 aromatic rings. The largest absolute Gasteiger partial charge is 0.533 e. The van der Waals surface area contributed by atoms with Gasteiger partial charge in [0.05, 0.1) is 20.8 Å². The second kappa shape index (κ2) is 4.86. The van der Waals surface area contributed by atoms with Crippen LogP contribution in [0.4, 0.5) is 9.59 Å². The Morgan fingerprint density at radius 1 is 1.33 bits per heavy atom. The Bertz CT molecular complexity index is 255. The van der Waals surface area contributed by atoms with E-state index in [-0.39, 0.29) is 0 Å². The predicted molar refractivity (Wildman–Crippen MR) is 49.9 cm³/mol. The zero-order valence-corrected chi connectivity index (χ0v) is 9.06. The van der Waals surface area contributed by atoms with Crippen LogP contribution >= 0.6 is 0 Å². The van der Waals surface area contributed by atoms with Crippen molar-refractivity contribution >= 4 is 12.2 Å². The zero-order valence-electron chi connectivity index (χ0n) is 9.06. The first-order chi connectivity index (χ1) is 7.08. The fourth-order valence-electron chi connectivity index (χ4n) is 1.24. The molecule has 0 saturated heterocycles. The van der Waals surface area contributed by atoms with Gasteiger partial charge in [-0.25, -0.2) is 9.59 Å². The van der Waals surface area contributed by atoms with Gasteiger partial charge in [-0.2, -0.15) is 0 Å². The van der Waals surface area contributed by atoms with Crippen LogP contribution in [-0.2, 0) is 14.3 Å². The van der Waals surface area contributed by atoms with Crippen LogP contribution in [0.15, 0.2) is 0 Å². The average molecular weight is 217 g/mol. The van der Waals surface area contributed by atoms with Crippen molar-refractivity contribution in [2.24, 2.45) is 11.8 Å².